The summed E-state index contributed by atoms with van der Waals surface area (Å²) in [5.74, 6) is 0.885. The van der Waals surface area contributed by atoms with Crippen molar-refractivity contribution in [3.8, 4) is 5.75 Å². The van der Waals surface area contributed by atoms with Gasteiger partial charge in [-0.3, -0.25) is 4.79 Å². The van der Waals surface area contributed by atoms with Crippen LogP contribution in [0.5, 0.6) is 5.75 Å². The molecule has 26 heavy (non-hydrogen) atoms. The number of halogens is 5. The van der Waals surface area contributed by atoms with Gasteiger partial charge in [0, 0.05) is 17.3 Å². The van der Waals surface area contributed by atoms with E-state index in [9.17, 15) is 4.79 Å². The largest absolute Gasteiger partial charge is 0.481 e. The zero-order valence-corrected chi connectivity index (χ0v) is 17.7. The minimum atomic E-state index is -0.181. The van der Waals surface area contributed by atoms with Gasteiger partial charge in [-0.25, -0.2) is 0 Å². The van der Waals surface area contributed by atoms with E-state index in [0.29, 0.717) is 21.6 Å². The molecule has 1 unspecified atom stereocenters. The Kier molecular flexibility index (Phi) is 6.76. The predicted molar refractivity (Wildman–Crippen MR) is 110 cm³/mol. The summed E-state index contributed by atoms with van der Waals surface area (Å²) in [6.07, 6.45) is 0. The minimum Gasteiger partial charge on any atom is -0.481 e. The molecule has 0 saturated carbocycles. The first kappa shape index (κ1) is 20.2. The minimum absolute atomic E-state index is 0.142. The zero-order chi connectivity index (χ0) is 18.8. The van der Waals surface area contributed by atoms with E-state index < -0.39 is 0 Å². The zero-order valence-electron chi connectivity index (χ0n) is 13.1. The molecule has 1 amide bonds. The molecular weight excluding hydrogens is 460 g/mol. The van der Waals surface area contributed by atoms with E-state index in [4.69, 9.17) is 62.7 Å². The Morgan fingerprint density at radius 2 is 1.73 bits per heavy atom. The fourth-order valence-electron chi connectivity index (χ4n) is 2.55. The highest BCUT2D eigenvalue weighted by molar-refractivity contribution is 7.99. The van der Waals surface area contributed by atoms with Gasteiger partial charge in [0.05, 0.1) is 20.1 Å². The molecule has 9 heteroatoms. The van der Waals surface area contributed by atoms with Gasteiger partial charge in [0.2, 0.25) is 0 Å². The average molecular weight is 472 g/mol. The molecular formula is C17H12Cl5NO2S. The Morgan fingerprint density at radius 1 is 1.04 bits per heavy atom. The second kappa shape index (κ2) is 8.68. The van der Waals surface area contributed by atoms with E-state index in [1.165, 1.54) is 12.1 Å². The molecule has 3 rings (SSSR count). The summed E-state index contributed by atoms with van der Waals surface area (Å²) in [7, 11) is 0. The summed E-state index contributed by atoms with van der Waals surface area (Å²) < 4.78 is 5.55. The molecule has 1 fully saturated rings. The van der Waals surface area contributed by atoms with Crippen LogP contribution in [0.1, 0.15) is 10.9 Å². The van der Waals surface area contributed by atoms with Crippen molar-refractivity contribution in [2.24, 2.45) is 0 Å². The fourth-order valence-corrected chi connectivity index (χ4v) is 5.05. The maximum absolute atomic E-state index is 12.7. The SMILES string of the molecule is O=C(COc1c(Cl)cc(Cl)cc1Cl)N1CCSC1c1ccc(Cl)c(Cl)c1. The van der Waals surface area contributed by atoms with Crippen molar-refractivity contribution in [3.05, 3.63) is 61.0 Å². The summed E-state index contributed by atoms with van der Waals surface area (Å²) >= 11 is 31.8. The highest BCUT2D eigenvalue weighted by Gasteiger charge is 2.31. The number of benzene rings is 2. The Morgan fingerprint density at radius 3 is 2.38 bits per heavy atom. The van der Waals surface area contributed by atoms with Crippen molar-refractivity contribution in [1.29, 1.82) is 0 Å². The first-order valence-electron chi connectivity index (χ1n) is 7.50. The molecule has 0 N–H and O–H groups in total. The van der Waals surface area contributed by atoms with Crippen LogP contribution in [-0.2, 0) is 4.79 Å². The number of rotatable bonds is 4. The van der Waals surface area contributed by atoms with Crippen LogP contribution in [0, 0.1) is 0 Å². The molecule has 0 radical (unpaired) electrons. The summed E-state index contributed by atoms with van der Waals surface area (Å²) in [6.45, 7) is 0.430. The van der Waals surface area contributed by atoms with Crippen molar-refractivity contribution >= 4 is 75.7 Å². The number of hydrogen-bond donors (Lipinski definition) is 0. The third-order valence-electron chi connectivity index (χ3n) is 3.74. The molecule has 0 aliphatic carbocycles. The van der Waals surface area contributed by atoms with Crippen LogP contribution in [0.3, 0.4) is 0 Å². The van der Waals surface area contributed by atoms with E-state index in [1.807, 2.05) is 6.07 Å². The molecule has 138 valence electrons. The van der Waals surface area contributed by atoms with E-state index in [1.54, 1.807) is 28.8 Å². The fraction of sp³-hybridized carbons (Fsp3) is 0.235. The topological polar surface area (TPSA) is 29.5 Å². The lowest BCUT2D eigenvalue weighted by atomic mass is 10.2. The number of carbonyl (C=O) groups is 1. The van der Waals surface area contributed by atoms with Gasteiger partial charge in [0.25, 0.3) is 5.91 Å². The number of carbonyl (C=O) groups excluding carboxylic acids is 1. The number of ether oxygens (including phenoxy) is 1. The second-order valence-electron chi connectivity index (χ2n) is 5.47. The van der Waals surface area contributed by atoms with Gasteiger partial charge in [-0.2, -0.15) is 0 Å². The van der Waals surface area contributed by atoms with Crippen LogP contribution >= 0.6 is 69.8 Å². The van der Waals surface area contributed by atoms with Crippen LogP contribution in [0.4, 0.5) is 0 Å². The van der Waals surface area contributed by atoms with Gasteiger partial charge in [-0.15, -0.1) is 11.8 Å². The standard InChI is InChI=1S/C17H12Cl5NO2S/c18-10-6-13(21)16(14(22)7-10)25-8-15(24)23-3-4-26-17(23)9-1-2-11(19)12(20)5-9/h1-2,5-7,17H,3-4,8H2. The van der Waals surface area contributed by atoms with Crippen LogP contribution in [0.15, 0.2) is 30.3 Å². The summed E-state index contributed by atoms with van der Waals surface area (Å²) in [5.41, 5.74) is 0.915. The molecule has 1 saturated heterocycles. The van der Waals surface area contributed by atoms with Crippen LogP contribution < -0.4 is 4.74 Å². The van der Waals surface area contributed by atoms with Gasteiger partial charge < -0.3 is 9.64 Å². The normalized spacial score (nSPS) is 16.8. The lowest BCUT2D eigenvalue weighted by molar-refractivity contribution is -0.133. The van der Waals surface area contributed by atoms with Crippen LogP contribution in [-0.4, -0.2) is 29.7 Å². The molecule has 0 spiro atoms. The summed E-state index contributed by atoms with van der Waals surface area (Å²) in [6, 6.07) is 8.40. The number of hydrogen-bond acceptors (Lipinski definition) is 3. The van der Waals surface area contributed by atoms with Crippen molar-refractivity contribution in [2.45, 2.75) is 5.37 Å². The third-order valence-corrected chi connectivity index (χ3v) is 6.52. The van der Waals surface area contributed by atoms with Crippen molar-refractivity contribution in [3.63, 3.8) is 0 Å². The van der Waals surface area contributed by atoms with Gasteiger partial charge in [-0.05, 0) is 29.8 Å². The van der Waals surface area contributed by atoms with Gasteiger partial charge in [-0.1, -0.05) is 64.1 Å². The molecule has 0 aromatic heterocycles. The van der Waals surface area contributed by atoms with Gasteiger partial charge >= 0.3 is 0 Å². The molecule has 1 heterocycles. The predicted octanol–water partition coefficient (Wildman–Crippen LogP) is 6.61. The smallest absolute Gasteiger partial charge is 0.261 e. The highest BCUT2D eigenvalue weighted by Crippen LogP contribution is 2.40. The number of nitrogens with zero attached hydrogens (tertiary/aromatic N) is 1. The molecule has 2 aromatic rings. The molecule has 1 aliphatic rings. The quantitative estimate of drug-likeness (QED) is 0.503. The molecule has 1 aliphatic heterocycles. The first-order valence-corrected chi connectivity index (χ1v) is 10.4. The molecule has 1 atom stereocenters. The van der Waals surface area contributed by atoms with Crippen LogP contribution in [0.2, 0.25) is 25.1 Å². The Hall–Kier alpha value is -0.490. The lowest BCUT2D eigenvalue weighted by Gasteiger charge is -2.24. The van der Waals surface area contributed by atoms with E-state index in [2.05, 4.69) is 0 Å². The first-order chi connectivity index (χ1) is 12.4. The van der Waals surface area contributed by atoms with Crippen molar-refractivity contribution < 1.29 is 9.53 Å². The lowest BCUT2D eigenvalue weighted by Crippen LogP contribution is -2.34. The van der Waals surface area contributed by atoms with E-state index >= 15 is 0 Å². The molecule has 3 nitrogen and oxygen atoms in total. The Bertz CT molecular complexity index is 825. The highest BCUT2D eigenvalue weighted by atomic mass is 35.5. The maximum atomic E-state index is 12.7. The number of amides is 1. The van der Waals surface area contributed by atoms with Crippen LogP contribution in [0.25, 0.3) is 0 Å². The third kappa shape index (κ3) is 4.49. The number of thioether (sulfide) groups is 1. The molecule has 2 aromatic carbocycles. The second-order valence-corrected chi connectivity index (χ2v) is 8.72. The molecule has 0 bridgehead atoms. The summed E-state index contributed by atoms with van der Waals surface area (Å²) in [5, 5.41) is 1.71. The van der Waals surface area contributed by atoms with E-state index in [-0.39, 0.29) is 33.7 Å². The van der Waals surface area contributed by atoms with Crippen molar-refractivity contribution in [1.82, 2.24) is 4.90 Å². The Balaban J connectivity index is 1.72. The van der Waals surface area contributed by atoms with Gasteiger partial charge in [0.1, 0.15) is 5.37 Å². The summed E-state index contributed by atoms with van der Waals surface area (Å²) in [4.78, 5) is 14.4. The van der Waals surface area contributed by atoms with Crippen molar-refractivity contribution in [2.75, 3.05) is 18.9 Å². The maximum Gasteiger partial charge on any atom is 0.261 e. The Labute approximate surface area is 180 Å². The van der Waals surface area contributed by atoms with E-state index in [0.717, 1.165) is 11.3 Å². The average Bonchev–Trinajstić information content (AvgIpc) is 3.06. The monoisotopic (exact) mass is 469 g/mol. The van der Waals surface area contributed by atoms with Gasteiger partial charge in [0.15, 0.2) is 12.4 Å².